The van der Waals surface area contributed by atoms with Crippen LogP contribution in [0.1, 0.15) is 12.2 Å². The molecular weight excluding hydrogens is 278 g/mol. The summed E-state index contributed by atoms with van der Waals surface area (Å²) in [6.45, 7) is -0.0724. The third-order valence-corrected chi connectivity index (χ3v) is 3.57. The molecule has 4 nitrogen and oxygen atoms in total. The Bertz CT molecular complexity index is 621. The number of rotatable bonds is 4. The number of benzene rings is 1. The van der Waals surface area contributed by atoms with Crippen molar-refractivity contribution in [3.8, 4) is 0 Å². The zero-order valence-corrected chi connectivity index (χ0v) is 11.4. The minimum Gasteiger partial charge on any atom is -0.461 e. The highest BCUT2D eigenvalue weighted by molar-refractivity contribution is 5.82. The Morgan fingerprint density at radius 2 is 2.24 bits per heavy atom. The van der Waals surface area contributed by atoms with Gasteiger partial charge in [-0.1, -0.05) is 18.2 Å². The molecule has 0 spiro atoms. The topological polar surface area (TPSA) is 54.3 Å². The van der Waals surface area contributed by atoms with E-state index < -0.39 is 24.9 Å². The van der Waals surface area contributed by atoms with Gasteiger partial charge in [0, 0.05) is 24.8 Å². The number of halogens is 2. The van der Waals surface area contributed by atoms with E-state index in [2.05, 4.69) is 10.6 Å². The van der Waals surface area contributed by atoms with Crippen molar-refractivity contribution < 1.29 is 18.0 Å². The van der Waals surface area contributed by atoms with Gasteiger partial charge in [-0.05, 0) is 12.1 Å². The first-order chi connectivity index (χ1) is 10.0. The smallest absolute Gasteiger partial charge is 0.262 e. The van der Waals surface area contributed by atoms with Gasteiger partial charge in [-0.3, -0.25) is 10.1 Å². The number of hydrogen-bond donors (Lipinski definition) is 2. The maximum absolute atomic E-state index is 13.0. The zero-order chi connectivity index (χ0) is 14.9. The Balaban J connectivity index is 1.51. The van der Waals surface area contributed by atoms with Crippen LogP contribution in [0, 0.1) is 0 Å². The fourth-order valence-corrected chi connectivity index (χ4v) is 2.49. The van der Waals surface area contributed by atoms with E-state index in [0.29, 0.717) is 13.0 Å². The van der Waals surface area contributed by atoms with Crippen molar-refractivity contribution in [1.82, 2.24) is 10.6 Å². The average Bonchev–Trinajstić information content (AvgIpc) is 3.01. The number of fused-ring (bicyclic) bond motifs is 1. The quantitative estimate of drug-likeness (QED) is 0.908. The summed E-state index contributed by atoms with van der Waals surface area (Å²) in [4.78, 5) is 11.8. The van der Waals surface area contributed by atoms with E-state index in [-0.39, 0.29) is 5.91 Å². The standard InChI is InChI=1S/C15H16F2N2O2/c16-15(17)8-12(19-9-15)14(20)18-6-5-11-7-10-3-1-2-4-13(10)21-11/h1-4,7,12,19H,5-6,8-9H2,(H,18,20). The first-order valence-corrected chi connectivity index (χ1v) is 6.90. The number of carbonyl (C=O) groups excluding carboxylic acids is 1. The summed E-state index contributed by atoms with van der Waals surface area (Å²) in [7, 11) is 0. The Hall–Kier alpha value is -1.95. The Labute approximate surface area is 120 Å². The van der Waals surface area contributed by atoms with Crippen molar-refractivity contribution in [3.05, 3.63) is 36.1 Å². The highest BCUT2D eigenvalue weighted by Crippen LogP contribution is 2.25. The minimum absolute atomic E-state index is 0.363. The van der Waals surface area contributed by atoms with E-state index in [1.54, 1.807) is 0 Å². The first-order valence-electron chi connectivity index (χ1n) is 6.90. The summed E-state index contributed by atoms with van der Waals surface area (Å²) < 4.78 is 31.6. The van der Waals surface area contributed by atoms with Crippen LogP contribution in [0.2, 0.25) is 0 Å². The number of hydrogen-bond acceptors (Lipinski definition) is 3. The monoisotopic (exact) mass is 294 g/mol. The lowest BCUT2D eigenvalue weighted by molar-refractivity contribution is -0.123. The molecule has 2 aromatic rings. The lowest BCUT2D eigenvalue weighted by Gasteiger charge is -2.10. The SMILES string of the molecule is O=C(NCCc1cc2ccccc2o1)C1CC(F)(F)CN1. The van der Waals surface area contributed by atoms with Gasteiger partial charge < -0.3 is 9.73 Å². The molecule has 3 rings (SSSR count). The summed E-state index contributed by atoms with van der Waals surface area (Å²) in [5.41, 5.74) is 0.802. The normalized spacial score (nSPS) is 20.8. The third kappa shape index (κ3) is 3.21. The number of carbonyl (C=O) groups is 1. The lowest BCUT2D eigenvalue weighted by atomic mass is 10.2. The Morgan fingerprint density at radius 3 is 2.95 bits per heavy atom. The predicted octanol–water partition coefficient (Wildman–Crippen LogP) is 2.09. The molecule has 0 saturated carbocycles. The maximum atomic E-state index is 13.0. The predicted molar refractivity (Wildman–Crippen MR) is 74.3 cm³/mol. The number of amides is 1. The van der Waals surface area contributed by atoms with Crippen molar-refractivity contribution in [2.45, 2.75) is 24.8 Å². The Morgan fingerprint density at radius 1 is 1.43 bits per heavy atom. The van der Waals surface area contributed by atoms with Crippen LogP contribution in [0.15, 0.2) is 34.7 Å². The van der Waals surface area contributed by atoms with E-state index >= 15 is 0 Å². The molecule has 1 aromatic carbocycles. The summed E-state index contributed by atoms with van der Waals surface area (Å²) in [6.07, 6.45) is 0.0903. The molecule has 1 unspecified atom stereocenters. The number of nitrogens with one attached hydrogen (secondary N) is 2. The van der Waals surface area contributed by atoms with E-state index in [1.165, 1.54) is 0 Å². The Kier molecular flexibility index (Phi) is 3.63. The van der Waals surface area contributed by atoms with Gasteiger partial charge in [0.2, 0.25) is 5.91 Å². The highest BCUT2D eigenvalue weighted by atomic mass is 19.3. The van der Waals surface area contributed by atoms with Gasteiger partial charge in [0.1, 0.15) is 11.3 Å². The largest absolute Gasteiger partial charge is 0.461 e. The van der Waals surface area contributed by atoms with Crippen molar-refractivity contribution >= 4 is 16.9 Å². The van der Waals surface area contributed by atoms with Crippen LogP contribution < -0.4 is 10.6 Å². The molecule has 112 valence electrons. The van der Waals surface area contributed by atoms with E-state index in [9.17, 15) is 13.6 Å². The van der Waals surface area contributed by atoms with Gasteiger partial charge in [-0.2, -0.15) is 0 Å². The molecule has 1 amide bonds. The molecule has 2 N–H and O–H groups in total. The van der Waals surface area contributed by atoms with Gasteiger partial charge in [0.15, 0.2) is 0 Å². The van der Waals surface area contributed by atoms with Crippen molar-refractivity contribution in [1.29, 1.82) is 0 Å². The second-order valence-electron chi connectivity index (χ2n) is 5.29. The molecule has 6 heteroatoms. The molecule has 0 radical (unpaired) electrons. The molecule has 21 heavy (non-hydrogen) atoms. The van der Waals surface area contributed by atoms with Crippen LogP contribution in [0.4, 0.5) is 8.78 Å². The van der Waals surface area contributed by atoms with E-state index in [0.717, 1.165) is 16.7 Å². The maximum Gasteiger partial charge on any atom is 0.262 e. The summed E-state index contributed by atoms with van der Waals surface area (Å²) in [5, 5.41) is 6.20. The third-order valence-electron chi connectivity index (χ3n) is 3.57. The van der Waals surface area contributed by atoms with Gasteiger partial charge in [0.25, 0.3) is 5.92 Å². The van der Waals surface area contributed by atoms with Crippen molar-refractivity contribution in [2.24, 2.45) is 0 Å². The zero-order valence-electron chi connectivity index (χ0n) is 11.4. The first kappa shape index (κ1) is 14.0. The fraction of sp³-hybridized carbons (Fsp3) is 0.400. The van der Waals surface area contributed by atoms with Crippen LogP contribution in [0.25, 0.3) is 11.0 Å². The van der Waals surface area contributed by atoms with Crippen molar-refractivity contribution in [3.63, 3.8) is 0 Å². The van der Waals surface area contributed by atoms with Crippen molar-refractivity contribution in [2.75, 3.05) is 13.1 Å². The van der Waals surface area contributed by atoms with Gasteiger partial charge in [-0.15, -0.1) is 0 Å². The summed E-state index contributed by atoms with van der Waals surface area (Å²) in [5.74, 6) is -2.41. The van der Waals surface area contributed by atoms with Gasteiger partial charge >= 0.3 is 0 Å². The van der Waals surface area contributed by atoms with Crippen LogP contribution in [0.5, 0.6) is 0 Å². The molecule has 1 fully saturated rings. The highest BCUT2D eigenvalue weighted by Gasteiger charge is 2.42. The molecule has 1 aromatic heterocycles. The average molecular weight is 294 g/mol. The minimum atomic E-state index is -2.79. The second kappa shape index (κ2) is 5.44. The molecule has 1 saturated heterocycles. The lowest BCUT2D eigenvalue weighted by Crippen LogP contribution is -2.41. The fourth-order valence-electron chi connectivity index (χ4n) is 2.49. The van der Waals surface area contributed by atoms with Crippen LogP contribution in [0.3, 0.4) is 0 Å². The summed E-state index contributed by atoms with van der Waals surface area (Å²) in [6, 6.07) is 8.76. The van der Waals surface area contributed by atoms with Crippen LogP contribution in [-0.2, 0) is 11.2 Å². The molecule has 0 bridgehead atoms. The van der Waals surface area contributed by atoms with E-state index in [1.807, 2.05) is 30.3 Å². The molecule has 1 aliphatic rings. The number of furan rings is 1. The summed E-state index contributed by atoms with van der Waals surface area (Å²) >= 11 is 0. The molecule has 2 heterocycles. The van der Waals surface area contributed by atoms with Crippen LogP contribution in [-0.4, -0.2) is 31.0 Å². The van der Waals surface area contributed by atoms with Crippen LogP contribution >= 0.6 is 0 Å². The van der Waals surface area contributed by atoms with Gasteiger partial charge in [-0.25, -0.2) is 8.78 Å². The number of alkyl halides is 2. The molecule has 1 atom stereocenters. The van der Waals surface area contributed by atoms with Gasteiger partial charge in [0.05, 0.1) is 12.6 Å². The molecule has 0 aliphatic carbocycles. The van der Waals surface area contributed by atoms with E-state index in [4.69, 9.17) is 4.42 Å². The molecule has 1 aliphatic heterocycles. The molecular formula is C15H16F2N2O2. The second-order valence-corrected chi connectivity index (χ2v) is 5.29. The number of para-hydroxylation sites is 1.